The van der Waals surface area contributed by atoms with Crippen molar-refractivity contribution in [3.8, 4) is 0 Å². The first-order valence-electron chi connectivity index (χ1n) is 6.72. The van der Waals surface area contributed by atoms with Gasteiger partial charge in [-0.05, 0) is 26.8 Å². The third-order valence-corrected chi connectivity index (χ3v) is 6.32. The van der Waals surface area contributed by atoms with Crippen LogP contribution in [0.2, 0.25) is 0 Å². The van der Waals surface area contributed by atoms with Gasteiger partial charge in [0, 0.05) is 36.3 Å². The second-order valence-electron chi connectivity index (χ2n) is 5.53. The summed E-state index contributed by atoms with van der Waals surface area (Å²) >= 11 is 1.81. The maximum Gasteiger partial charge on any atom is 0.246 e. The van der Waals surface area contributed by atoms with Gasteiger partial charge in [-0.2, -0.15) is 21.2 Å². The van der Waals surface area contributed by atoms with Gasteiger partial charge in [-0.25, -0.2) is 8.42 Å². The Morgan fingerprint density at radius 3 is 2.90 bits per heavy atom. The van der Waals surface area contributed by atoms with Crippen molar-refractivity contribution in [1.29, 1.82) is 0 Å². The zero-order chi connectivity index (χ0) is 14.8. The zero-order valence-corrected chi connectivity index (χ0v) is 13.6. The van der Waals surface area contributed by atoms with Crippen LogP contribution in [0.1, 0.15) is 20.3 Å². The van der Waals surface area contributed by atoms with Gasteiger partial charge >= 0.3 is 0 Å². The minimum atomic E-state index is -3.43. The fourth-order valence-electron chi connectivity index (χ4n) is 2.18. The molecule has 0 amide bonds. The molecule has 0 aliphatic carbocycles. The van der Waals surface area contributed by atoms with E-state index in [4.69, 9.17) is 5.73 Å². The summed E-state index contributed by atoms with van der Waals surface area (Å²) in [5.74, 6) is 0.827. The molecule has 0 saturated carbocycles. The molecule has 20 heavy (non-hydrogen) atoms. The topological polar surface area (TPSA) is 81.2 Å². The van der Waals surface area contributed by atoms with Crippen molar-refractivity contribution in [2.45, 2.75) is 36.5 Å². The number of hydrogen-bond donors (Lipinski definition) is 1. The number of sulfonamides is 1. The maximum absolute atomic E-state index is 12.6. The Kier molecular flexibility index (Phi) is 4.78. The minimum Gasteiger partial charge on any atom is -0.330 e. The van der Waals surface area contributed by atoms with E-state index in [-0.39, 0.29) is 9.64 Å². The molecule has 6 nitrogen and oxygen atoms in total. The number of aryl methyl sites for hydroxylation is 1. The maximum atomic E-state index is 12.6. The molecule has 0 spiro atoms. The third kappa shape index (κ3) is 3.55. The average molecular weight is 318 g/mol. The Morgan fingerprint density at radius 1 is 1.50 bits per heavy atom. The average Bonchev–Trinajstić information content (AvgIpc) is 2.84. The summed E-state index contributed by atoms with van der Waals surface area (Å²) in [5, 5.41) is 4.10. The van der Waals surface area contributed by atoms with Gasteiger partial charge in [0.25, 0.3) is 0 Å². The molecule has 1 saturated heterocycles. The van der Waals surface area contributed by atoms with Crippen molar-refractivity contribution in [1.82, 2.24) is 14.1 Å². The molecule has 1 aromatic heterocycles. The van der Waals surface area contributed by atoms with Crippen LogP contribution in [0, 0.1) is 0 Å². The van der Waals surface area contributed by atoms with E-state index in [1.54, 1.807) is 15.2 Å². The van der Waals surface area contributed by atoms with Crippen molar-refractivity contribution in [3.05, 3.63) is 12.4 Å². The predicted octanol–water partition coefficient (Wildman–Crippen LogP) is 0.748. The zero-order valence-electron chi connectivity index (χ0n) is 11.9. The molecule has 0 radical (unpaired) electrons. The summed E-state index contributed by atoms with van der Waals surface area (Å²) in [5.41, 5.74) is 5.45. The Balaban J connectivity index is 2.15. The fourth-order valence-corrected chi connectivity index (χ4v) is 5.05. The number of nitrogens with zero attached hydrogens (tertiary/aromatic N) is 3. The summed E-state index contributed by atoms with van der Waals surface area (Å²) in [7, 11) is -3.43. The Morgan fingerprint density at radius 2 is 2.25 bits per heavy atom. The van der Waals surface area contributed by atoms with Gasteiger partial charge in [0.1, 0.15) is 4.90 Å². The summed E-state index contributed by atoms with van der Waals surface area (Å²) in [4.78, 5) is 0.275. The van der Waals surface area contributed by atoms with E-state index in [0.29, 0.717) is 26.2 Å². The first kappa shape index (κ1) is 15.8. The van der Waals surface area contributed by atoms with Crippen LogP contribution in [0.3, 0.4) is 0 Å². The molecule has 2 N–H and O–H groups in total. The molecule has 0 aromatic carbocycles. The minimum absolute atomic E-state index is 0.0408. The van der Waals surface area contributed by atoms with Crippen molar-refractivity contribution >= 4 is 21.8 Å². The van der Waals surface area contributed by atoms with Gasteiger partial charge in [0.2, 0.25) is 10.0 Å². The summed E-state index contributed by atoms with van der Waals surface area (Å²) < 4.78 is 28.4. The van der Waals surface area contributed by atoms with E-state index >= 15 is 0 Å². The highest BCUT2D eigenvalue weighted by atomic mass is 32.2. The van der Waals surface area contributed by atoms with Crippen molar-refractivity contribution in [3.63, 3.8) is 0 Å². The predicted molar refractivity (Wildman–Crippen MR) is 81.2 cm³/mol. The summed E-state index contributed by atoms with van der Waals surface area (Å²) in [6.45, 7) is 6.46. The highest BCUT2D eigenvalue weighted by Crippen LogP contribution is 2.32. The Bertz CT molecular complexity index is 554. The number of nitrogens with two attached hydrogens (primary N) is 1. The molecule has 1 aliphatic rings. The molecule has 8 heteroatoms. The van der Waals surface area contributed by atoms with Crippen LogP contribution in [-0.4, -0.2) is 52.6 Å². The molecular formula is C12H22N4O2S2. The summed E-state index contributed by atoms with van der Waals surface area (Å²) in [6, 6.07) is 0. The van der Waals surface area contributed by atoms with Gasteiger partial charge in [-0.1, -0.05) is 0 Å². The van der Waals surface area contributed by atoms with E-state index in [9.17, 15) is 8.42 Å². The normalized spacial score (nSPS) is 20.1. The molecule has 1 aliphatic heterocycles. The lowest BCUT2D eigenvalue weighted by molar-refractivity contribution is 0.387. The highest BCUT2D eigenvalue weighted by Gasteiger charge is 2.35. The van der Waals surface area contributed by atoms with Crippen LogP contribution in [-0.2, 0) is 16.6 Å². The van der Waals surface area contributed by atoms with Gasteiger partial charge in [0.05, 0.1) is 6.20 Å². The monoisotopic (exact) mass is 318 g/mol. The second-order valence-corrected chi connectivity index (χ2v) is 9.27. The molecule has 2 heterocycles. The van der Waals surface area contributed by atoms with Gasteiger partial charge < -0.3 is 5.73 Å². The lowest BCUT2D eigenvalue weighted by Crippen LogP contribution is -2.45. The number of thioether (sulfide) groups is 1. The molecule has 2 rings (SSSR count). The van der Waals surface area contributed by atoms with Crippen LogP contribution in [0.5, 0.6) is 0 Å². The molecule has 1 aromatic rings. The van der Waals surface area contributed by atoms with Crippen molar-refractivity contribution in [2.75, 3.05) is 25.4 Å². The van der Waals surface area contributed by atoms with E-state index in [1.165, 1.54) is 6.20 Å². The second kappa shape index (κ2) is 6.05. The lowest BCUT2D eigenvalue weighted by atomic mass is 10.2. The Labute approximate surface area is 124 Å². The number of hydrogen-bond acceptors (Lipinski definition) is 5. The number of aromatic nitrogens is 2. The molecule has 0 atom stereocenters. The van der Waals surface area contributed by atoms with Crippen LogP contribution in [0.25, 0.3) is 0 Å². The fraction of sp³-hybridized carbons (Fsp3) is 0.750. The third-order valence-electron chi connectivity index (χ3n) is 3.23. The van der Waals surface area contributed by atoms with E-state index in [1.807, 2.05) is 11.8 Å². The lowest BCUT2D eigenvalue weighted by Gasteiger charge is -2.36. The van der Waals surface area contributed by atoms with Crippen molar-refractivity contribution < 1.29 is 8.42 Å². The van der Waals surface area contributed by atoms with Gasteiger partial charge in [-0.3, -0.25) is 4.68 Å². The van der Waals surface area contributed by atoms with E-state index < -0.39 is 10.0 Å². The van der Waals surface area contributed by atoms with Crippen molar-refractivity contribution in [2.24, 2.45) is 5.73 Å². The van der Waals surface area contributed by atoms with E-state index in [0.717, 1.165) is 12.2 Å². The molecule has 0 unspecified atom stereocenters. The Hall–Kier alpha value is -0.570. The largest absolute Gasteiger partial charge is 0.330 e. The quantitative estimate of drug-likeness (QED) is 0.866. The molecule has 0 bridgehead atoms. The molecule has 1 fully saturated rings. The van der Waals surface area contributed by atoms with Gasteiger partial charge in [0.15, 0.2) is 0 Å². The highest BCUT2D eigenvalue weighted by molar-refractivity contribution is 8.00. The summed E-state index contributed by atoms with van der Waals surface area (Å²) in [6.07, 6.45) is 3.81. The SMILES string of the molecule is CC1(C)CN(S(=O)(=O)c2cnn(CCCN)c2)CCS1. The van der Waals surface area contributed by atoms with Crippen LogP contribution < -0.4 is 5.73 Å². The van der Waals surface area contributed by atoms with Gasteiger partial charge in [-0.15, -0.1) is 0 Å². The smallest absolute Gasteiger partial charge is 0.246 e. The number of rotatable bonds is 5. The standard InChI is InChI=1S/C12H22N4O2S2/c1-12(2)10-16(6-7-19-12)20(17,18)11-8-14-15(9-11)5-3-4-13/h8-9H,3-7,10,13H2,1-2H3. The first-order valence-corrected chi connectivity index (χ1v) is 9.14. The molecule has 114 valence electrons. The van der Waals surface area contributed by atoms with Crippen LogP contribution in [0.15, 0.2) is 17.3 Å². The van der Waals surface area contributed by atoms with Crippen LogP contribution in [0.4, 0.5) is 0 Å². The first-order chi connectivity index (χ1) is 9.35. The van der Waals surface area contributed by atoms with E-state index in [2.05, 4.69) is 18.9 Å². The molecular weight excluding hydrogens is 296 g/mol. The van der Waals surface area contributed by atoms with Crippen LogP contribution >= 0.6 is 11.8 Å².